The van der Waals surface area contributed by atoms with Crippen LogP contribution in [0.1, 0.15) is 39.7 Å². The second-order valence-corrected chi connectivity index (χ2v) is 5.34. The maximum absolute atomic E-state index is 11.7. The van der Waals surface area contributed by atoms with Gasteiger partial charge in [0.15, 0.2) is 0 Å². The van der Waals surface area contributed by atoms with Gasteiger partial charge >= 0.3 is 0 Å². The van der Waals surface area contributed by atoms with Crippen molar-refractivity contribution in [3.63, 3.8) is 0 Å². The summed E-state index contributed by atoms with van der Waals surface area (Å²) in [5.41, 5.74) is 2.52. The van der Waals surface area contributed by atoms with Gasteiger partial charge in [-0.25, -0.2) is 0 Å². The fourth-order valence-corrected chi connectivity index (χ4v) is 2.91. The molecule has 0 fully saturated rings. The predicted octanol–water partition coefficient (Wildman–Crippen LogP) is 3.11. The molecule has 2 nitrogen and oxygen atoms in total. The number of fused-ring (bicyclic) bond motifs is 1. The molecule has 0 N–H and O–H groups in total. The van der Waals surface area contributed by atoms with Crippen LogP contribution in [0, 0.1) is 0 Å². The number of carbonyl (C=O) groups excluding carboxylic acids is 1. The number of amides is 1. The SMILES string of the molecule is CC(=O)N1c2ccccc2C(C)(C)CC1C. The summed E-state index contributed by atoms with van der Waals surface area (Å²) in [6.45, 7) is 8.27. The lowest BCUT2D eigenvalue weighted by Crippen LogP contribution is -2.46. The van der Waals surface area contributed by atoms with E-state index in [-0.39, 0.29) is 17.4 Å². The van der Waals surface area contributed by atoms with Crippen molar-refractivity contribution in [1.82, 2.24) is 0 Å². The molecule has 86 valence electrons. The summed E-state index contributed by atoms with van der Waals surface area (Å²) >= 11 is 0. The van der Waals surface area contributed by atoms with Crippen molar-refractivity contribution >= 4 is 11.6 Å². The zero-order valence-corrected chi connectivity index (χ0v) is 10.4. The van der Waals surface area contributed by atoms with Gasteiger partial charge in [-0.15, -0.1) is 0 Å². The van der Waals surface area contributed by atoms with Gasteiger partial charge in [0.25, 0.3) is 0 Å². The Bertz CT molecular complexity index is 422. The minimum atomic E-state index is 0.135. The van der Waals surface area contributed by atoms with Crippen molar-refractivity contribution in [2.24, 2.45) is 0 Å². The first kappa shape index (κ1) is 11.2. The number of hydrogen-bond donors (Lipinski definition) is 0. The highest BCUT2D eigenvalue weighted by Crippen LogP contribution is 2.42. The third-order valence-electron chi connectivity index (χ3n) is 3.48. The maximum atomic E-state index is 11.7. The van der Waals surface area contributed by atoms with Gasteiger partial charge < -0.3 is 4.90 Å². The highest BCUT2D eigenvalue weighted by Gasteiger charge is 2.36. The quantitative estimate of drug-likeness (QED) is 0.654. The molecule has 1 aromatic rings. The van der Waals surface area contributed by atoms with E-state index < -0.39 is 0 Å². The lowest BCUT2D eigenvalue weighted by molar-refractivity contribution is -0.117. The summed E-state index contributed by atoms with van der Waals surface area (Å²) in [6.07, 6.45) is 1.02. The molecule has 1 atom stereocenters. The Kier molecular flexibility index (Phi) is 2.53. The molecule has 0 bridgehead atoms. The third kappa shape index (κ3) is 1.62. The summed E-state index contributed by atoms with van der Waals surface area (Å²) in [7, 11) is 0. The molecule has 0 aromatic heterocycles. The molecule has 1 aliphatic heterocycles. The summed E-state index contributed by atoms with van der Waals surface area (Å²) < 4.78 is 0. The van der Waals surface area contributed by atoms with E-state index in [1.807, 2.05) is 17.0 Å². The number of benzene rings is 1. The Morgan fingerprint density at radius 3 is 2.62 bits per heavy atom. The summed E-state index contributed by atoms with van der Waals surface area (Å²) in [4.78, 5) is 13.6. The van der Waals surface area contributed by atoms with E-state index in [0.717, 1.165) is 12.1 Å². The van der Waals surface area contributed by atoms with Crippen LogP contribution in [0.25, 0.3) is 0 Å². The lowest BCUT2D eigenvalue weighted by Gasteiger charge is -2.43. The van der Waals surface area contributed by atoms with Crippen molar-refractivity contribution in [3.8, 4) is 0 Å². The van der Waals surface area contributed by atoms with Gasteiger partial charge in [-0.2, -0.15) is 0 Å². The fraction of sp³-hybridized carbons (Fsp3) is 0.500. The van der Waals surface area contributed by atoms with Crippen LogP contribution in [0.3, 0.4) is 0 Å². The summed E-state index contributed by atoms with van der Waals surface area (Å²) in [5, 5.41) is 0. The zero-order valence-electron chi connectivity index (χ0n) is 10.4. The first-order valence-electron chi connectivity index (χ1n) is 5.83. The molecule has 1 unspecified atom stereocenters. The summed E-state index contributed by atoms with van der Waals surface area (Å²) in [5.74, 6) is 0.135. The highest BCUT2D eigenvalue weighted by molar-refractivity contribution is 5.93. The van der Waals surface area contributed by atoms with Crippen molar-refractivity contribution in [1.29, 1.82) is 0 Å². The van der Waals surface area contributed by atoms with Gasteiger partial charge in [-0.1, -0.05) is 32.0 Å². The van der Waals surface area contributed by atoms with E-state index in [2.05, 4.69) is 32.9 Å². The zero-order chi connectivity index (χ0) is 11.9. The molecule has 16 heavy (non-hydrogen) atoms. The van der Waals surface area contributed by atoms with Crippen LogP contribution < -0.4 is 4.90 Å². The van der Waals surface area contributed by atoms with E-state index >= 15 is 0 Å². The van der Waals surface area contributed by atoms with Crippen LogP contribution in [0.15, 0.2) is 24.3 Å². The van der Waals surface area contributed by atoms with Crippen LogP contribution in [0.2, 0.25) is 0 Å². The lowest BCUT2D eigenvalue weighted by atomic mass is 9.75. The molecule has 1 amide bonds. The normalized spacial score (nSPS) is 22.8. The van der Waals surface area contributed by atoms with Crippen LogP contribution in [0.5, 0.6) is 0 Å². The van der Waals surface area contributed by atoms with E-state index in [4.69, 9.17) is 0 Å². The molecular weight excluding hydrogens is 198 g/mol. The molecule has 1 aliphatic rings. The largest absolute Gasteiger partial charge is 0.310 e. The molecule has 2 heteroatoms. The Morgan fingerprint density at radius 2 is 2.00 bits per heavy atom. The number of rotatable bonds is 0. The van der Waals surface area contributed by atoms with Gasteiger partial charge in [-0.05, 0) is 30.4 Å². The van der Waals surface area contributed by atoms with Crippen LogP contribution >= 0.6 is 0 Å². The topological polar surface area (TPSA) is 20.3 Å². The third-order valence-corrected chi connectivity index (χ3v) is 3.48. The predicted molar refractivity (Wildman–Crippen MR) is 66.7 cm³/mol. The van der Waals surface area contributed by atoms with E-state index in [9.17, 15) is 4.79 Å². The van der Waals surface area contributed by atoms with Gasteiger partial charge in [0, 0.05) is 18.7 Å². The number of carbonyl (C=O) groups is 1. The first-order valence-corrected chi connectivity index (χ1v) is 5.83. The van der Waals surface area contributed by atoms with E-state index in [0.29, 0.717) is 0 Å². The van der Waals surface area contributed by atoms with Gasteiger partial charge in [0.05, 0.1) is 0 Å². The van der Waals surface area contributed by atoms with Gasteiger partial charge in [0.2, 0.25) is 5.91 Å². The van der Waals surface area contributed by atoms with Crippen LogP contribution in [-0.2, 0) is 10.2 Å². The van der Waals surface area contributed by atoms with Gasteiger partial charge in [0.1, 0.15) is 0 Å². The van der Waals surface area contributed by atoms with Crippen LogP contribution in [-0.4, -0.2) is 11.9 Å². The standard InChI is InChI=1S/C14H19NO/c1-10-9-14(3,4)12-7-5-6-8-13(12)15(10)11(2)16/h5-8,10H,9H2,1-4H3. The minimum absolute atomic E-state index is 0.135. The molecule has 2 rings (SSSR count). The van der Waals surface area contributed by atoms with Crippen molar-refractivity contribution in [3.05, 3.63) is 29.8 Å². The smallest absolute Gasteiger partial charge is 0.224 e. The molecule has 0 saturated carbocycles. The van der Waals surface area contributed by atoms with Gasteiger partial charge in [-0.3, -0.25) is 4.79 Å². The Balaban J connectivity index is 2.59. The Hall–Kier alpha value is -1.31. The molecule has 1 heterocycles. The molecule has 0 saturated heterocycles. The molecule has 0 radical (unpaired) electrons. The second kappa shape index (κ2) is 3.62. The molecule has 0 aliphatic carbocycles. The Labute approximate surface area is 97.3 Å². The van der Waals surface area contributed by atoms with Crippen molar-refractivity contribution < 1.29 is 4.79 Å². The van der Waals surface area contributed by atoms with Crippen molar-refractivity contribution in [2.75, 3.05) is 4.90 Å². The van der Waals surface area contributed by atoms with E-state index in [1.54, 1.807) is 6.92 Å². The average Bonchev–Trinajstić information content (AvgIpc) is 2.15. The first-order chi connectivity index (χ1) is 7.43. The number of para-hydroxylation sites is 1. The molecular formula is C14H19NO. The van der Waals surface area contributed by atoms with Crippen LogP contribution in [0.4, 0.5) is 5.69 Å². The number of anilines is 1. The number of nitrogens with zero attached hydrogens (tertiary/aromatic N) is 1. The van der Waals surface area contributed by atoms with E-state index in [1.165, 1.54) is 5.56 Å². The highest BCUT2D eigenvalue weighted by atomic mass is 16.2. The molecule has 0 spiro atoms. The second-order valence-electron chi connectivity index (χ2n) is 5.34. The molecule has 1 aromatic carbocycles. The monoisotopic (exact) mass is 217 g/mol. The Morgan fingerprint density at radius 1 is 1.38 bits per heavy atom. The maximum Gasteiger partial charge on any atom is 0.224 e. The number of hydrogen-bond acceptors (Lipinski definition) is 1. The minimum Gasteiger partial charge on any atom is -0.310 e. The summed E-state index contributed by atoms with van der Waals surface area (Å²) in [6, 6.07) is 8.52. The fourth-order valence-electron chi connectivity index (χ4n) is 2.91. The average molecular weight is 217 g/mol. The van der Waals surface area contributed by atoms with Crippen molar-refractivity contribution in [2.45, 2.75) is 45.6 Å².